The number of nitrogen functional groups attached to an aromatic ring is 1. The van der Waals surface area contributed by atoms with Crippen LogP contribution in [0.3, 0.4) is 0 Å². The van der Waals surface area contributed by atoms with E-state index in [2.05, 4.69) is 19.9 Å². The third kappa shape index (κ3) is 1.76. The summed E-state index contributed by atoms with van der Waals surface area (Å²) in [7, 11) is 0. The molecular weight excluding hydrogens is 190 g/mol. The highest BCUT2D eigenvalue weighted by atomic mass is 15.0. The maximum absolute atomic E-state index is 5.76. The molecule has 5 heteroatoms. The largest absolute Gasteiger partial charge is 0.383 e. The summed E-state index contributed by atoms with van der Waals surface area (Å²) < 4.78 is 0. The molecule has 0 aromatic carbocycles. The molecule has 0 amide bonds. The molecule has 2 aromatic heterocycles. The van der Waals surface area contributed by atoms with E-state index in [1.165, 1.54) is 6.33 Å². The molecule has 0 bridgehead atoms. The van der Waals surface area contributed by atoms with Crippen molar-refractivity contribution in [1.82, 2.24) is 19.9 Å². The zero-order valence-electron chi connectivity index (χ0n) is 8.60. The van der Waals surface area contributed by atoms with Gasteiger partial charge in [0, 0.05) is 17.5 Å². The van der Waals surface area contributed by atoms with Gasteiger partial charge in [0.1, 0.15) is 17.8 Å². The van der Waals surface area contributed by atoms with Gasteiger partial charge in [0.05, 0.1) is 0 Å². The van der Waals surface area contributed by atoms with E-state index in [9.17, 15) is 0 Å². The van der Waals surface area contributed by atoms with E-state index in [1.807, 2.05) is 13.8 Å². The maximum atomic E-state index is 5.76. The monoisotopic (exact) mass is 201 g/mol. The van der Waals surface area contributed by atoms with Crippen molar-refractivity contribution in [2.24, 2.45) is 0 Å². The van der Waals surface area contributed by atoms with Gasteiger partial charge in [-0.05, 0) is 19.9 Å². The van der Waals surface area contributed by atoms with Crippen LogP contribution in [0, 0.1) is 13.8 Å². The molecule has 0 aliphatic carbocycles. The second-order valence-corrected chi connectivity index (χ2v) is 3.24. The Morgan fingerprint density at radius 1 is 1.20 bits per heavy atom. The minimum Gasteiger partial charge on any atom is -0.383 e. The quantitative estimate of drug-likeness (QED) is 0.748. The van der Waals surface area contributed by atoms with E-state index in [4.69, 9.17) is 5.73 Å². The van der Waals surface area contributed by atoms with Crippen molar-refractivity contribution in [3.63, 3.8) is 0 Å². The smallest absolute Gasteiger partial charge is 0.180 e. The third-order valence-corrected chi connectivity index (χ3v) is 2.24. The molecule has 0 unspecified atom stereocenters. The molecule has 2 heterocycles. The molecule has 0 spiro atoms. The maximum Gasteiger partial charge on any atom is 0.180 e. The lowest BCUT2D eigenvalue weighted by atomic mass is 10.2. The van der Waals surface area contributed by atoms with E-state index in [-0.39, 0.29) is 0 Å². The summed E-state index contributed by atoms with van der Waals surface area (Å²) >= 11 is 0. The Bertz CT molecular complexity index is 457. The van der Waals surface area contributed by atoms with Gasteiger partial charge in [-0.1, -0.05) is 0 Å². The van der Waals surface area contributed by atoms with Crippen LogP contribution in [0.1, 0.15) is 11.3 Å². The first-order valence-electron chi connectivity index (χ1n) is 4.55. The number of anilines is 1. The average Bonchev–Trinajstić information content (AvgIpc) is 2.26. The highest BCUT2D eigenvalue weighted by Crippen LogP contribution is 2.16. The zero-order chi connectivity index (χ0) is 10.8. The summed E-state index contributed by atoms with van der Waals surface area (Å²) in [6.07, 6.45) is 3.11. The van der Waals surface area contributed by atoms with Gasteiger partial charge in [-0.3, -0.25) is 0 Å². The van der Waals surface area contributed by atoms with Crippen LogP contribution >= 0.6 is 0 Å². The summed E-state index contributed by atoms with van der Waals surface area (Å²) in [6.45, 7) is 3.80. The van der Waals surface area contributed by atoms with Crippen molar-refractivity contribution < 1.29 is 0 Å². The Hall–Kier alpha value is -2.04. The summed E-state index contributed by atoms with van der Waals surface area (Å²) in [5, 5.41) is 0. The molecule has 0 saturated heterocycles. The molecule has 2 aromatic rings. The molecular formula is C10H11N5. The fourth-order valence-electron chi connectivity index (χ4n) is 1.19. The van der Waals surface area contributed by atoms with Gasteiger partial charge in [-0.25, -0.2) is 19.9 Å². The molecule has 0 aliphatic rings. The van der Waals surface area contributed by atoms with Crippen LogP contribution in [0.25, 0.3) is 11.5 Å². The van der Waals surface area contributed by atoms with Crippen molar-refractivity contribution in [3.8, 4) is 11.5 Å². The summed E-state index contributed by atoms with van der Waals surface area (Å²) in [6, 6.07) is 1.75. The molecule has 0 aliphatic heterocycles. The van der Waals surface area contributed by atoms with Crippen molar-refractivity contribution in [1.29, 1.82) is 0 Å². The molecule has 0 saturated carbocycles. The Kier molecular flexibility index (Phi) is 2.29. The molecule has 0 atom stereocenters. The normalized spacial score (nSPS) is 10.3. The Morgan fingerprint density at radius 2 is 2.00 bits per heavy atom. The van der Waals surface area contributed by atoms with Crippen LogP contribution in [-0.4, -0.2) is 19.9 Å². The van der Waals surface area contributed by atoms with Crippen LogP contribution in [0.2, 0.25) is 0 Å². The van der Waals surface area contributed by atoms with Gasteiger partial charge in [0.15, 0.2) is 5.82 Å². The lowest BCUT2D eigenvalue weighted by Crippen LogP contribution is -2.02. The number of hydrogen-bond acceptors (Lipinski definition) is 5. The van der Waals surface area contributed by atoms with Crippen molar-refractivity contribution >= 4 is 5.82 Å². The van der Waals surface area contributed by atoms with E-state index in [1.54, 1.807) is 12.3 Å². The van der Waals surface area contributed by atoms with Crippen LogP contribution in [0.15, 0.2) is 18.6 Å². The highest BCUT2D eigenvalue weighted by molar-refractivity contribution is 5.53. The predicted octanol–water partition coefficient (Wildman–Crippen LogP) is 1.13. The Balaban J connectivity index is 2.56. The molecule has 5 nitrogen and oxygen atoms in total. The second-order valence-electron chi connectivity index (χ2n) is 3.24. The first kappa shape index (κ1) is 9.51. The molecule has 2 rings (SSSR count). The highest BCUT2D eigenvalue weighted by Gasteiger charge is 2.07. The number of nitrogens with zero attached hydrogens (tertiary/aromatic N) is 4. The molecule has 76 valence electrons. The van der Waals surface area contributed by atoms with E-state index < -0.39 is 0 Å². The van der Waals surface area contributed by atoms with E-state index >= 15 is 0 Å². The minimum absolute atomic E-state index is 0.496. The van der Waals surface area contributed by atoms with E-state index in [0.29, 0.717) is 17.3 Å². The fourth-order valence-corrected chi connectivity index (χ4v) is 1.19. The van der Waals surface area contributed by atoms with Crippen LogP contribution in [-0.2, 0) is 0 Å². The van der Waals surface area contributed by atoms with Crippen LogP contribution in [0.5, 0.6) is 0 Å². The summed E-state index contributed by atoms with van der Waals surface area (Å²) in [5.41, 5.74) is 8.23. The van der Waals surface area contributed by atoms with Crippen molar-refractivity contribution in [3.05, 3.63) is 29.8 Å². The number of aromatic nitrogens is 4. The predicted molar refractivity (Wildman–Crippen MR) is 56.9 cm³/mol. The molecule has 0 radical (unpaired) electrons. The van der Waals surface area contributed by atoms with Gasteiger partial charge in [0.2, 0.25) is 0 Å². The van der Waals surface area contributed by atoms with Gasteiger partial charge < -0.3 is 5.73 Å². The SMILES string of the molecule is Cc1nc(-c2ccncn2)nc(N)c1C. The van der Waals surface area contributed by atoms with Crippen molar-refractivity contribution in [2.75, 3.05) is 5.73 Å². The minimum atomic E-state index is 0.496. The summed E-state index contributed by atoms with van der Waals surface area (Å²) in [4.78, 5) is 16.4. The Labute approximate surface area is 87.4 Å². The number of aryl methyl sites for hydroxylation is 1. The number of rotatable bonds is 1. The zero-order valence-corrected chi connectivity index (χ0v) is 8.60. The standard InChI is InChI=1S/C10H11N5/c1-6-7(2)14-10(15-9(6)11)8-3-4-12-5-13-8/h3-5H,1-2H3,(H2,11,14,15). The van der Waals surface area contributed by atoms with Crippen molar-refractivity contribution in [2.45, 2.75) is 13.8 Å². The number of nitrogens with two attached hydrogens (primary N) is 1. The average molecular weight is 201 g/mol. The molecule has 0 fully saturated rings. The fraction of sp³-hybridized carbons (Fsp3) is 0.200. The molecule has 15 heavy (non-hydrogen) atoms. The van der Waals surface area contributed by atoms with Gasteiger partial charge in [0.25, 0.3) is 0 Å². The van der Waals surface area contributed by atoms with Gasteiger partial charge >= 0.3 is 0 Å². The summed E-state index contributed by atoms with van der Waals surface area (Å²) in [5.74, 6) is 1.04. The molecule has 2 N–H and O–H groups in total. The van der Waals surface area contributed by atoms with Gasteiger partial charge in [-0.2, -0.15) is 0 Å². The Morgan fingerprint density at radius 3 is 2.60 bits per heavy atom. The first-order valence-corrected chi connectivity index (χ1v) is 4.55. The van der Waals surface area contributed by atoms with Crippen LogP contribution < -0.4 is 5.73 Å². The second kappa shape index (κ2) is 3.61. The van der Waals surface area contributed by atoms with Gasteiger partial charge in [-0.15, -0.1) is 0 Å². The topological polar surface area (TPSA) is 77.6 Å². The van der Waals surface area contributed by atoms with E-state index in [0.717, 1.165) is 11.3 Å². The first-order chi connectivity index (χ1) is 7.18. The number of hydrogen-bond donors (Lipinski definition) is 1. The lowest BCUT2D eigenvalue weighted by Gasteiger charge is -2.05. The van der Waals surface area contributed by atoms with Crippen LogP contribution in [0.4, 0.5) is 5.82 Å². The lowest BCUT2D eigenvalue weighted by molar-refractivity contribution is 1.05. The third-order valence-electron chi connectivity index (χ3n) is 2.24.